The van der Waals surface area contributed by atoms with Crippen molar-refractivity contribution in [1.82, 2.24) is 5.32 Å². The molecule has 1 aliphatic rings. The van der Waals surface area contributed by atoms with Gasteiger partial charge in [-0.3, -0.25) is 4.79 Å². The highest BCUT2D eigenvalue weighted by Gasteiger charge is 2.32. The summed E-state index contributed by atoms with van der Waals surface area (Å²) in [6.45, 7) is -1.26. The Hall–Kier alpha value is -1.17. The third kappa shape index (κ3) is 3.15. The van der Waals surface area contributed by atoms with Gasteiger partial charge in [0.1, 0.15) is 6.54 Å². The number of thioether (sulfide) groups is 1. The fourth-order valence-corrected chi connectivity index (χ4v) is 2.85. The summed E-state index contributed by atoms with van der Waals surface area (Å²) < 4.78 is 35.8. The Morgan fingerprint density at radius 3 is 2.76 bits per heavy atom. The van der Waals surface area contributed by atoms with Gasteiger partial charge in [0.05, 0.1) is 5.25 Å². The molecule has 17 heavy (non-hydrogen) atoms. The van der Waals surface area contributed by atoms with E-state index in [1.54, 1.807) is 0 Å². The van der Waals surface area contributed by atoms with Gasteiger partial charge in [-0.05, 0) is 18.1 Å². The molecule has 1 aliphatic heterocycles. The molecule has 2 rings (SSSR count). The van der Waals surface area contributed by atoms with Gasteiger partial charge in [0, 0.05) is 4.90 Å². The van der Waals surface area contributed by atoms with Crippen molar-refractivity contribution in [3.63, 3.8) is 0 Å². The van der Waals surface area contributed by atoms with Crippen LogP contribution < -0.4 is 5.32 Å². The molecular weight excluding hydrogens is 251 g/mol. The molecule has 0 spiro atoms. The molecule has 6 heteroatoms. The van der Waals surface area contributed by atoms with E-state index in [0.717, 1.165) is 10.5 Å². The minimum Gasteiger partial charge on any atom is -0.346 e. The van der Waals surface area contributed by atoms with E-state index < -0.39 is 23.9 Å². The average Bonchev–Trinajstić information content (AvgIpc) is 2.68. The van der Waals surface area contributed by atoms with Crippen LogP contribution in [0.15, 0.2) is 29.2 Å². The summed E-state index contributed by atoms with van der Waals surface area (Å²) in [5, 5.41) is 1.47. The van der Waals surface area contributed by atoms with Gasteiger partial charge in [0.2, 0.25) is 5.91 Å². The van der Waals surface area contributed by atoms with Gasteiger partial charge in [-0.25, -0.2) is 0 Å². The number of carbonyl (C=O) groups excluding carboxylic acids is 1. The lowest BCUT2D eigenvalue weighted by atomic mass is 10.1. The van der Waals surface area contributed by atoms with Crippen LogP contribution in [0.4, 0.5) is 13.2 Å². The number of amides is 1. The van der Waals surface area contributed by atoms with E-state index in [0.29, 0.717) is 6.42 Å². The zero-order valence-corrected chi connectivity index (χ0v) is 9.57. The fraction of sp³-hybridized carbons (Fsp3) is 0.364. The highest BCUT2D eigenvalue weighted by atomic mass is 32.2. The normalized spacial score (nSPS) is 18.9. The van der Waals surface area contributed by atoms with Crippen LogP contribution in [0.1, 0.15) is 5.56 Å². The number of nitrogens with one attached hydrogen (secondary N) is 1. The first-order valence-electron chi connectivity index (χ1n) is 5.05. The SMILES string of the molecule is O=C(NCC(F)(F)F)C1Cc2ccccc2S1. The predicted molar refractivity (Wildman–Crippen MR) is 58.9 cm³/mol. The van der Waals surface area contributed by atoms with E-state index in [1.807, 2.05) is 29.6 Å². The molecule has 0 aliphatic carbocycles. The molecule has 1 N–H and O–H groups in total. The highest BCUT2D eigenvalue weighted by molar-refractivity contribution is 8.01. The van der Waals surface area contributed by atoms with Crippen LogP contribution in [0, 0.1) is 0 Å². The fourth-order valence-electron chi connectivity index (χ4n) is 1.63. The van der Waals surface area contributed by atoms with Crippen molar-refractivity contribution in [3.05, 3.63) is 29.8 Å². The Labute approximate surface area is 101 Å². The molecule has 1 heterocycles. The van der Waals surface area contributed by atoms with E-state index in [4.69, 9.17) is 0 Å². The molecule has 1 unspecified atom stereocenters. The van der Waals surface area contributed by atoms with Crippen molar-refractivity contribution in [2.45, 2.75) is 22.7 Å². The lowest BCUT2D eigenvalue weighted by molar-refractivity contribution is -0.138. The molecule has 0 aromatic heterocycles. The Balaban J connectivity index is 1.92. The monoisotopic (exact) mass is 261 g/mol. The topological polar surface area (TPSA) is 29.1 Å². The van der Waals surface area contributed by atoms with Crippen molar-refractivity contribution in [3.8, 4) is 0 Å². The van der Waals surface area contributed by atoms with Crippen molar-refractivity contribution in [2.75, 3.05) is 6.54 Å². The van der Waals surface area contributed by atoms with Crippen LogP contribution in [0.3, 0.4) is 0 Å². The molecule has 0 saturated heterocycles. The zero-order chi connectivity index (χ0) is 12.5. The number of hydrogen-bond donors (Lipinski definition) is 1. The third-order valence-corrected chi connectivity index (χ3v) is 3.72. The lowest BCUT2D eigenvalue weighted by Crippen LogP contribution is -2.38. The molecule has 0 fully saturated rings. The minimum absolute atomic E-state index is 0.449. The molecule has 0 saturated carbocycles. The summed E-state index contributed by atoms with van der Waals surface area (Å²) in [5.41, 5.74) is 1.02. The van der Waals surface area contributed by atoms with E-state index in [2.05, 4.69) is 0 Å². The van der Waals surface area contributed by atoms with Gasteiger partial charge in [0.25, 0.3) is 0 Å². The second kappa shape index (κ2) is 4.60. The van der Waals surface area contributed by atoms with Crippen molar-refractivity contribution in [2.24, 2.45) is 0 Å². The summed E-state index contributed by atoms with van der Waals surface area (Å²) in [6, 6.07) is 7.47. The maximum atomic E-state index is 11.9. The van der Waals surface area contributed by atoms with E-state index in [1.165, 1.54) is 11.8 Å². The molecule has 1 amide bonds. The molecule has 1 aromatic rings. The van der Waals surface area contributed by atoms with Crippen LogP contribution in [-0.2, 0) is 11.2 Å². The average molecular weight is 261 g/mol. The number of hydrogen-bond acceptors (Lipinski definition) is 2. The predicted octanol–water partition coefficient (Wildman–Crippen LogP) is 2.38. The third-order valence-electron chi connectivity index (χ3n) is 2.40. The first-order valence-corrected chi connectivity index (χ1v) is 5.93. The maximum absolute atomic E-state index is 11.9. The number of benzene rings is 1. The molecule has 1 aromatic carbocycles. The number of alkyl halides is 3. The number of fused-ring (bicyclic) bond motifs is 1. The Morgan fingerprint density at radius 2 is 2.12 bits per heavy atom. The van der Waals surface area contributed by atoms with Crippen molar-refractivity contribution in [1.29, 1.82) is 0 Å². The maximum Gasteiger partial charge on any atom is 0.405 e. The number of halogens is 3. The largest absolute Gasteiger partial charge is 0.405 e. The summed E-state index contributed by atoms with van der Waals surface area (Å²) in [4.78, 5) is 12.5. The van der Waals surface area contributed by atoms with Crippen LogP contribution in [-0.4, -0.2) is 23.9 Å². The van der Waals surface area contributed by atoms with Gasteiger partial charge >= 0.3 is 6.18 Å². The molecule has 1 atom stereocenters. The Bertz CT molecular complexity index is 408. The van der Waals surface area contributed by atoms with Gasteiger partial charge < -0.3 is 5.32 Å². The summed E-state index contributed by atoms with van der Waals surface area (Å²) >= 11 is 1.32. The second-order valence-corrected chi connectivity index (χ2v) is 5.00. The summed E-state index contributed by atoms with van der Waals surface area (Å²) in [6.07, 6.45) is -3.86. The van der Waals surface area contributed by atoms with Crippen LogP contribution in [0.5, 0.6) is 0 Å². The first kappa shape index (κ1) is 12.3. The van der Waals surface area contributed by atoms with Crippen molar-refractivity contribution >= 4 is 17.7 Å². The Morgan fingerprint density at radius 1 is 1.41 bits per heavy atom. The van der Waals surface area contributed by atoms with E-state index >= 15 is 0 Å². The van der Waals surface area contributed by atoms with Crippen LogP contribution in [0.2, 0.25) is 0 Å². The first-order chi connectivity index (χ1) is 7.96. The van der Waals surface area contributed by atoms with E-state index in [-0.39, 0.29) is 0 Å². The second-order valence-electron chi connectivity index (χ2n) is 3.75. The Kier molecular flexibility index (Phi) is 3.33. The number of carbonyl (C=O) groups is 1. The number of rotatable bonds is 2. The zero-order valence-electron chi connectivity index (χ0n) is 8.75. The van der Waals surface area contributed by atoms with Gasteiger partial charge in [0.15, 0.2) is 0 Å². The standard InChI is InChI=1S/C11H10F3NOS/c12-11(13,14)6-15-10(16)9-5-7-3-1-2-4-8(7)17-9/h1-4,9H,5-6H2,(H,15,16). The van der Waals surface area contributed by atoms with Crippen molar-refractivity contribution < 1.29 is 18.0 Å². The summed E-state index contributed by atoms with van der Waals surface area (Å²) in [5.74, 6) is -0.552. The smallest absolute Gasteiger partial charge is 0.346 e. The minimum atomic E-state index is -4.36. The summed E-state index contributed by atoms with van der Waals surface area (Å²) in [7, 11) is 0. The molecule has 92 valence electrons. The van der Waals surface area contributed by atoms with Gasteiger partial charge in [-0.15, -0.1) is 11.8 Å². The van der Waals surface area contributed by atoms with Gasteiger partial charge in [-0.1, -0.05) is 18.2 Å². The molecular formula is C11H10F3NOS. The highest BCUT2D eigenvalue weighted by Crippen LogP contribution is 2.36. The van der Waals surface area contributed by atoms with E-state index in [9.17, 15) is 18.0 Å². The quantitative estimate of drug-likeness (QED) is 0.885. The lowest BCUT2D eigenvalue weighted by Gasteiger charge is -2.11. The molecule has 0 bridgehead atoms. The van der Waals surface area contributed by atoms with Crippen LogP contribution in [0.25, 0.3) is 0 Å². The van der Waals surface area contributed by atoms with Gasteiger partial charge in [-0.2, -0.15) is 13.2 Å². The van der Waals surface area contributed by atoms with Crippen LogP contribution >= 0.6 is 11.8 Å². The molecule has 0 radical (unpaired) electrons. The molecule has 2 nitrogen and oxygen atoms in total.